The topological polar surface area (TPSA) is 17.1 Å². The van der Waals surface area contributed by atoms with E-state index in [1.165, 1.54) is 19.3 Å². The molecule has 0 aromatic rings. The Labute approximate surface area is 117 Å². The minimum absolute atomic E-state index is 0.206. The van der Waals surface area contributed by atoms with Gasteiger partial charge in [-0.3, -0.25) is 4.79 Å². The predicted octanol–water partition coefficient (Wildman–Crippen LogP) is 5.56. The first kappa shape index (κ1) is 17.2. The monoisotopic (exact) mass is 268 g/mol. The number of rotatable bonds is 12. The lowest BCUT2D eigenvalue weighted by atomic mass is 10.1. The summed E-state index contributed by atoms with van der Waals surface area (Å²) in [5, 5.41) is -0.206. The number of carbonyl (C=O) groups is 1. The lowest BCUT2D eigenvalue weighted by Crippen LogP contribution is -1.86. The molecule has 102 valence electrons. The van der Waals surface area contributed by atoms with E-state index in [1.54, 1.807) is 0 Å². The van der Waals surface area contributed by atoms with E-state index >= 15 is 0 Å². The fraction of sp³-hybridized carbons (Fsp3) is 0.562. The van der Waals surface area contributed by atoms with Crippen LogP contribution in [0.4, 0.5) is 0 Å². The highest BCUT2D eigenvalue weighted by Crippen LogP contribution is 2.08. The summed E-state index contributed by atoms with van der Waals surface area (Å²) in [5.41, 5.74) is 0. The Morgan fingerprint density at radius 1 is 0.889 bits per heavy atom. The average molecular weight is 269 g/mol. The molecule has 0 radical (unpaired) electrons. The van der Waals surface area contributed by atoms with Gasteiger partial charge in [0.05, 0.1) is 0 Å². The van der Waals surface area contributed by atoms with Gasteiger partial charge in [-0.05, 0) is 43.7 Å². The number of hydrogen-bond donors (Lipinski definition) is 0. The molecule has 0 aliphatic heterocycles. The van der Waals surface area contributed by atoms with Crippen molar-refractivity contribution in [2.45, 2.75) is 57.8 Å². The molecule has 0 atom stereocenters. The van der Waals surface area contributed by atoms with Gasteiger partial charge in [0.1, 0.15) is 0 Å². The number of hydrogen-bond acceptors (Lipinski definition) is 1. The minimum Gasteiger partial charge on any atom is -0.281 e. The van der Waals surface area contributed by atoms with Crippen LogP contribution in [0.5, 0.6) is 0 Å². The molecule has 1 nitrogen and oxygen atoms in total. The maximum Gasteiger partial charge on any atom is 0.221 e. The molecule has 0 saturated carbocycles. The Balaban J connectivity index is 3.17. The van der Waals surface area contributed by atoms with Gasteiger partial charge >= 0.3 is 0 Å². The Morgan fingerprint density at radius 2 is 1.50 bits per heavy atom. The van der Waals surface area contributed by atoms with Gasteiger partial charge < -0.3 is 0 Å². The molecule has 0 rings (SSSR count). The van der Waals surface area contributed by atoms with E-state index in [2.05, 4.69) is 30.9 Å². The Hall–Kier alpha value is -0.820. The second kappa shape index (κ2) is 14.2. The van der Waals surface area contributed by atoms with E-state index in [0.717, 1.165) is 32.1 Å². The van der Waals surface area contributed by atoms with E-state index in [0.29, 0.717) is 6.42 Å². The van der Waals surface area contributed by atoms with Crippen LogP contribution in [-0.4, -0.2) is 5.24 Å². The third kappa shape index (κ3) is 15.2. The third-order valence-corrected chi connectivity index (χ3v) is 2.84. The van der Waals surface area contributed by atoms with E-state index < -0.39 is 0 Å². The van der Waals surface area contributed by atoms with Gasteiger partial charge in [-0.25, -0.2) is 0 Å². The second-order valence-electron chi connectivity index (χ2n) is 4.36. The smallest absolute Gasteiger partial charge is 0.221 e. The van der Waals surface area contributed by atoms with Crippen molar-refractivity contribution in [2.75, 3.05) is 0 Å². The molecule has 0 bridgehead atoms. The molecule has 2 heteroatoms. The van der Waals surface area contributed by atoms with E-state index in [1.807, 2.05) is 6.08 Å². The summed E-state index contributed by atoms with van der Waals surface area (Å²) in [6.07, 6.45) is 20.1. The zero-order valence-corrected chi connectivity index (χ0v) is 12.0. The molecule has 0 N–H and O–H groups in total. The summed E-state index contributed by atoms with van der Waals surface area (Å²) in [7, 11) is 0. The van der Waals surface area contributed by atoms with Crippen LogP contribution in [0.3, 0.4) is 0 Å². The first-order chi connectivity index (χ1) is 8.77. The van der Waals surface area contributed by atoms with Crippen LogP contribution in [0.25, 0.3) is 0 Å². The number of carbonyl (C=O) groups excluding carboxylic acids is 1. The Kier molecular flexibility index (Phi) is 13.6. The molecule has 0 unspecified atom stereocenters. The summed E-state index contributed by atoms with van der Waals surface area (Å²) < 4.78 is 0. The first-order valence-electron chi connectivity index (χ1n) is 6.86. The van der Waals surface area contributed by atoms with Crippen LogP contribution < -0.4 is 0 Å². The van der Waals surface area contributed by atoms with Crippen LogP contribution in [0, 0.1) is 0 Å². The lowest BCUT2D eigenvalue weighted by molar-refractivity contribution is -0.111. The van der Waals surface area contributed by atoms with Gasteiger partial charge in [-0.1, -0.05) is 49.6 Å². The van der Waals surface area contributed by atoms with E-state index in [9.17, 15) is 4.79 Å². The summed E-state index contributed by atoms with van der Waals surface area (Å²) in [6.45, 7) is 3.66. The van der Waals surface area contributed by atoms with Gasteiger partial charge in [0.25, 0.3) is 0 Å². The summed E-state index contributed by atoms with van der Waals surface area (Å²) >= 11 is 5.26. The SMILES string of the molecule is C=CCC=CCC=CCCCCCCCC(=O)Cl. The molecular weight excluding hydrogens is 244 g/mol. The average Bonchev–Trinajstić information content (AvgIpc) is 2.34. The van der Waals surface area contributed by atoms with Crippen LogP contribution in [-0.2, 0) is 4.79 Å². The maximum atomic E-state index is 10.5. The van der Waals surface area contributed by atoms with Crippen molar-refractivity contribution in [2.24, 2.45) is 0 Å². The molecule has 0 aromatic carbocycles. The summed E-state index contributed by atoms with van der Waals surface area (Å²) in [6, 6.07) is 0. The van der Waals surface area contributed by atoms with Crippen LogP contribution in [0.1, 0.15) is 57.8 Å². The molecular formula is C16H25ClO. The van der Waals surface area contributed by atoms with Crippen molar-refractivity contribution < 1.29 is 4.79 Å². The summed E-state index contributed by atoms with van der Waals surface area (Å²) in [5.74, 6) is 0. The van der Waals surface area contributed by atoms with Crippen molar-refractivity contribution in [1.29, 1.82) is 0 Å². The zero-order valence-electron chi connectivity index (χ0n) is 11.2. The highest BCUT2D eigenvalue weighted by Gasteiger charge is 1.95. The van der Waals surface area contributed by atoms with Crippen LogP contribution in [0.15, 0.2) is 37.0 Å². The molecule has 0 heterocycles. The molecule has 0 spiro atoms. The molecule has 0 amide bonds. The number of unbranched alkanes of at least 4 members (excludes halogenated alkanes) is 5. The molecule has 18 heavy (non-hydrogen) atoms. The highest BCUT2D eigenvalue weighted by atomic mass is 35.5. The van der Waals surface area contributed by atoms with Crippen molar-refractivity contribution in [3.05, 3.63) is 37.0 Å². The molecule has 0 aliphatic rings. The van der Waals surface area contributed by atoms with Gasteiger partial charge in [-0.15, -0.1) is 6.58 Å². The number of allylic oxidation sites excluding steroid dienone is 5. The van der Waals surface area contributed by atoms with Crippen molar-refractivity contribution in [3.8, 4) is 0 Å². The van der Waals surface area contributed by atoms with Crippen molar-refractivity contribution in [3.63, 3.8) is 0 Å². The number of halogens is 1. The van der Waals surface area contributed by atoms with E-state index in [4.69, 9.17) is 11.6 Å². The van der Waals surface area contributed by atoms with E-state index in [-0.39, 0.29) is 5.24 Å². The normalized spacial score (nSPS) is 11.4. The second-order valence-corrected chi connectivity index (χ2v) is 4.79. The standard InChI is InChI=1S/C16H25ClO/c1-2-3-4-5-6-7-8-9-10-11-12-13-14-15-16(17)18/h2,4-5,7-8H,1,3,6,9-15H2. The fourth-order valence-electron chi connectivity index (χ4n) is 1.64. The van der Waals surface area contributed by atoms with Crippen molar-refractivity contribution in [1.82, 2.24) is 0 Å². The van der Waals surface area contributed by atoms with Crippen molar-refractivity contribution >= 4 is 16.8 Å². The molecule has 0 aromatic heterocycles. The largest absolute Gasteiger partial charge is 0.281 e. The fourth-order valence-corrected chi connectivity index (χ4v) is 1.77. The predicted molar refractivity (Wildman–Crippen MR) is 80.9 cm³/mol. The molecule has 0 fully saturated rings. The lowest BCUT2D eigenvalue weighted by Gasteiger charge is -1.97. The maximum absolute atomic E-state index is 10.5. The highest BCUT2D eigenvalue weighted by molar-refractivity contribution is 6.63. The van der Waals surface area contributed by atoms with Gasteiger partial charge in [0.2, 0.25) is 5.24 Å². The van der Waals surface area contributed by atoms with Crippen LogP contribution in [0.2, 0.25) is 0 Å². The first-order valence-corrected chi connectivity index (χ1v) is 7.24. The zero-order chi connectivity index (χ0) is 13.5. The van der Waals surface area contributed by atoms with Gasteiger partial charge in [0.15, 0.2) is 0 Å². The Bertz CT molecular complexity index is 266. The Morgan fingerprint density at radius 3 is 2.22 bits per heavy atom. The quantitative estimate of drug-likeness (QED) is 0.257. The van der Waals surface area contributed by atoms with Crippen LogP contribution >= 0.6 is 11.6 Å². The molecule has 0 saturated heterocycles. The molecule has 0 aliphatic carbocycles. The van der Waals surface area contributed by atoms with Gasteiger partial charge in [0, 0.05) is 6.42 Å². The van der Waals surface area contributed by atoms with Gasteiger partial charge in [-0.2, -0.15) is 0 Å². The summed E-state index contributed by atoms with van der Waals surface area (Å²) in [4.78, 5) is 10.5. The third-order valence-electron chi connectivity index (χ3n) is 2.65. The minimum atomic E-state index is -0.206.